The van der Waals surface area contributed by atoms with E-state index < -0.39 is 17.5 Å². The molecule has 4 N–H and O–H groups in total. The van der Waals surface area contributed by atoms with Gasteiger partial charge in [-0.2, -0.15) is 0 Å². The first kappa shape index (κ1) is 32.0. The van der Waals surface area contributed by atoms with E-state index >= 15 is 0 Å². The van der Waals surface area contributed by atoms with Crippen molar-refractivity contribution in [2.45, 2.75) is 31.0 Å². The second-order valence-electron chi connectivity index (χ2n) is 9.64. The van der Waals surface area contributed by atoms with E-state index in [4.69, 9.17) is 43.5 Å². The summed E-state index contributed by atoms with van der Waals surface area (Å²) in [7, 11) is 8.19. The highest BCUT2D eigenvalue weighted by molar-refractivity contribution is 6.27. The molecule has 0 radical (unpaired) electrons. The van der Waals surface area contributed by atoms with Gasteiger partial charge in [0.05, 0.1) is 41.2 Å². The molecule has 3 aromatic rings. The predicted molar refractivity (Wildman–Crippen MR) is 154 cm³/mol. The molecular weight excluding hydrogens is 546 g/mol. The molecule has 0 aromatic heterocycles. The molecule has 4 unspecified atom stereocenters. The molecule has 11 heteroatoms. The molecule has 42 heavy (non-hydrogen) atoms. The SMILES string of the molecule is COc1ccc(OC)c(C2CC(O)(c3ccccc3OC)C(C)C(c3cc(OC)ccc3OC)N2)c1.O=C(O)C(=O)O. The number of carboxylic acid groups (broad SMARTS) is 2. The third kappa shape index (κ3) is 6.69. The third-order valence-corrected chi connectivity index (χ3v) is 7.49. The van der Waals surface area contributed by atoms with Crippen LogP contribution in [0.25, 0.3) is 0 Å². The minimum Gasteiger partial charge on any atom is -0.497 e. The summed E-state index contributed by atoms with van der Waals surface area (Å²) in [5.74, 6) is -0.430. The van der Waals surface area contributed by atoms with E-state index in [9.17, 15) is 5.11 Å². The lowest BCUT2D eigenvalue weighted by Gasteiger charge is -2.48. The van der Waals surface area contributed by atoms with Crippen LogP contribution in [-0.4, -0.2) is 62.8 Å². The van der Waals surface area contributed by atoms with Gasteiger partial charge in [-0.3, -0.25) is 0 Å². The number of para-hydroxylation sites is 1. The maximum atomic E-state index is 12.5. The Morgan fingerprint density at radius 3 is 1.74 bits per heavy atom. The quantitative estimate of drug-likeness (QED) is 0.283. The topological polar surface area (TPSA) is 153 Å². The van der Waals surface area contributed by atoms with E-state index in [1.165, 1.54) is 0 Å². The van der Waals surface area contributed by atoms with Crippen molar-refractivity contribution in [2.75, 3.05) is 35.5 Å². The summed E-state index contributed by atoms with van der Waals surface area (Å²) in [6.07, 6.45) is 0.390. The van der Waals surface area contributed by atoms with Crippen molar-refractivity contribution in [3.8, 4) is 28.7 Å². The van der Waals surface area contributed by atoms with Gasteiger partial charge in [0, 0.05) is 41.1 Å². The lowest BCUT2D eigenvalue weighted by Crippen LogP contribution is -2.50. The second-order valence-corrected chi connectivity index (χ2v) is 9.64. The van der Waals surface area contributed by atoms with Crippen LogP contribution in [-0.2, 0) is 15.2 Å². The second kappa shape index (κ2) is 13.9. The highest BCUT2D eigenvalue weighted by Crippen LogP contribution is 2.53. The molecular formula is C31H37NO10. The average Bonchev–Trinajstić information content (AvgIpc) is 3.01. The maximum Gasteiger partial charge on any atom is 0.414 e. The van der Waals surface area contributed by atoms with Crippen molar-refractivity contribution >= 4 is 11.9 Å². The van der Waals surface area contributed by atoms with E-state index in [1.807, 2.05) is 67.6 Å². The number of hydrogen-bond donors (Lipinski definition) is 4. The Morgan fingerprint density at radius 2 is 1.24 bits per heavy atom. The van der Waals surface area contributed by atoms with Gasteiger partial charge in [-0.15, -0.1) is 0 Å². The van der Waals surface area contributed by atoms with Gasteiger partial charge >= 0.3 is 11.9 Å². The monoisotopic (exact) mass is 583 g/mol. The van der Waals surface area contributed by atoms with Crippen LogP contribution < -0.4 is 29.0 Å². The summed E-state index contributed by atoms with van der Waals surface area (Å²) < 4.78 is 28.2. The average molecular weight is 584 g/mol. The number of benzene rings is 3. The normalized spacial score (nSPS) is 21.3. The first-order valence-corrected chi connectivity index (χ1v) is 13.1. The number of hydrogen-bond acceptors (Lipinski definition) is 9. The van der Waals surface area contributed by atoms with Gasteiger partial charge in [-0.05, 0) is 42.5 Å². The van der Waals surface area contributed by atoms with Crippen LogP contribution in [0, 0.1) is 5.92 Å². The number of methoxy groups -OCH3 is 5. The Kier molecular flexibility index (Phi) is 10.6. The summed E-state index contributed by atoms with van der Waals surface area (Å²) in [5.41, 5.74) is 1.28. The van der Waals surface area contributed by atoms with Gasteiger partial charge in [-0.25, -0.2) is 9.59 Å². The van der Waals surface area contributed by atoms with Gasteiger partial charge in [-0.1, -0.05) is 25.1 Å². The molecule has 1 fully saturated rings. The zero-order valence-electron chi connectivity index (χ0n) is 24.4. The van der Waals surface area contributed by atoms with Crippen LogP contribution in [0.5, 0.6) is 28.7 Å². The number of nitrogens with one attached hydrogen (secondary N) is 1. The summed E-state index contributed by atoms with van der Waals surface area (Å²) in [6.45, 7) is 2.04. The van der Waals surface area contributed by atoms with E-state index in [-0.39, 0.29) is 18.0 Å². The molecule has 0 bridgehead atoms. The summed E-state index contributed by atoms with van der Waals surface area (Å²) >= 11 is 0. The van der Waals surface area contributed by atoms with Crippen LogP contribution in [0.15, 0.2) is 60.7 Å². The maximum absolute atomic E-state index is 12.5. The van der Waals surface area contributed by atoms with E-state index in [0.29, 0.717) is 35.2 Å². The minimum atomic E-state index is -1.82. The zero-order chi connectivity index (χ0) is 31.0. The summed E-state index contributed by atoms with van der Waals surface area (Å²) in [5, 5.41) is 31.1. The summed E-state index contributed by atoms with van der Waals surface area (Å²) in [4.78, 5) is 18.2. The Labute approximate surface area is 244 Å². The van der Waals surface area contributed by atoms with E-state index in [1.54, 1.807) is 35.5 Å². The van der Waals surface area contributed by atoms with Crippen molar-refractivity contribution in [3.05, 3.63) is 77.4 Å². The Hall–Kier alpha value is -4.48. The zero-order valence-corrected chi connectivity index (χ0v) is 24.4. The van der Waals surface area contributed by atoms with E-state index in [0.717, 1.165) is 16.7 Å². The Bertz CT molecular complexity index is 1380. The highest BCUT2D eigenvalue weighted by atomic mass is 16.5. The summed E-state index contributed by atoms with van der Waals surface area (Å²) in [6, 6.07) is 18.5. The number of ether oxygens (including phenoxy) is 5. The smallest absolute Gasteiger partial charge is 0.414 e. The van der Waals surface area contributed by atoms with Crippen molar-refractivity contribution in [3.63, 3.8) is 0 Å². The Balaban J connectivity index is 0.000000730. The molecule has 1 saturated heterocycles. The molecule has 226 valence electrons. The molecule has 4 atom stereocenters. The van der Waals surface area contributed by atoms with Crippen molar-refractivity contribution < 1.29 is 48.6 Å². The molecule has 11 nitrogen and oxygen atoms in total. The van der Waals surface area contributed by atoms with Crippen LogP contribution in [0.4, 0.5) is 0 Å². The number of carbonyl (C=O) groups is 2. The third-order valence-electron chi connectivity index (χ3n) is 7.49. The lowest BCUT2D eigenvalue weighted by atomic mass is 9.68. The molecule has 4 rings (SSSR count). The van der Waals surface area contributed by atoms with Crippen LogP contribution >= 0.6 is 0 Å². The fourth-order valence-electron chi connectivity index (χ4n) is 5.30. The molecule has 0 spiro atoms. The van der Waals surface area contributed by atoms with Crippen molar-refractivity contribution in [2.24, 2.45) is 5.92 Å². The van der Waals surface area contributed by atoms with Crippen molar-refractivity contribution in [1.29, 1.82) is 0 Å². The molecule has 0 amide bonds. The molecule has 1 aliphatic rings. The molecule has 1 aliphatic heterocycles. The first-order chi connectivity index (χ1) is 20.0. The van der Waals surface area contributed by atoms with Crippen LogP contribution in [0.1, 0.15) is 42.1 Å². The standard InChI is InChI=1S/C29H35NO6.C2H2O4/c1-18-28(22-16-20(33-3)12-14-26(22)35-5)30-24(21-15-19(32-2)11-13-25(21)34-4)17-29(18,31)23-9-7-8-10-27(23)36-6;3-1(4)2(5)6/h7-16,18,24,28,30-31H,17H2,1-6H3;(H,3,4)(H,5,6). The lowest BCUT2D eigenvalue weighted by molar-refractivity contribution is -0.159. The van der Waals surface area contributed by atoms with Gasteiger partial charge in [0.15, 0.2) is 0 Å². The predicted octanol–water partition coefficient (Wildman–Crippen LogP) is 4.18. The van der Waals surface area contributed by atoms with Gasteiger partial charge < -0.3 is 44.3 Å². The number of rotatable bonds is 8. The molecule has 3 aromatic carbocycles. The number of carboxylic acids is 2. The number of aliphatic hydroxyl groups is 1. The van der Waals surface area contributed by atoms with Gasteiger partial charge in [0.2, 0.25) is 0 Å². The van der Waals surface area contributed by atoms with Crippen molar-refractivity contribution in [1.82, 2.24) is 5.32 Å². The number of aliphatic carboxylic acids is 2. The first-order valence-electron chi connectivity index (χ1n) is 13.1. The molecule has 0 aliphatic carbocycles. The van der Waals surface area contributed by atoms with Gasteiger partial charge in [0.1, 0.15) is 28.7 Å². The fraction of sp³-hybridized carbons (Fsp3) is 0.355. The largest absolute Gasteiger partial charge is 0.497 e. The van der Waals surface area contributed by atoms with Crippen LogP contribution in [0.3, 0.4) is 0 Å². The van der Waals surface area contributed by atoms with Gasteiger partial charge in [0.25, 0.3) is 0 Å². The molecule has 0 saturated carbocycles. The number of piperidine rings is 1. The Morgan fingerprint density at radius 1 is 0.738 bits per heavy atom. The van der Waals surface area contributed by atoms with Crippen LogP contribution in [0.2, 0.25) is 0 Å². The highest BCUT2D eigenvalue weighted by Gasteiger charge is 2.49. The fourth-order valence-corrected chi connectivity index (χ4v) is 5.30. The van der Waals surface area contributed by atoms with E-state index in [2.05, 4.69) is 5.32 Å². The molecule has 1 heterocycles. The minimum absolute atomic E-state index is 0.261.